The normalized spacial score (nSPS) is 10.9. The molecule has 0 bridgehead atoms. The number of fused-ring (bicyclic) bond motifs is 1. The molecule has 7 heteroatoms. The van der Waals surface area contributed by atoms with Gasteiger partial charge in [-0.3, -0.25) is 0 Å². The van der Waals surface area contributed by atoms with Gasteiger partial charge in [-0.1, -0.05) is 0 Å². The number of rotatable bonds is 3. The van der Waals surface area contributed by atoms with Gasteiger partial charge >= 0.3 is 0 Å². The molecule has 0 saturated carbocycles. The predicted molar refractivity (Wildman–Crippen MR) is 78.3 cm³/mol. The molecule has 2 N–H and O–H groups in total. The molecule has 0 unspecified atom stereocenters. The summed E-state index contributed by atoms with van der Waals surface area (Å²) in [5.74, 6) is -1.04. The van der Waals surface area contributed by atoms with Gasteiger partial charge in [-0.25, -0.2) is 18.7 Å². The first kappa shape index (κ1) is 14.1. The van der Waals surface area contributed by atoms with E-state index in [-0.39, 0.29) is 17.4 Å². The van der Waals surface area contributed by atoms with Gasteiger partial charge in [0.1, 0.15) is 11.6 Å². The average molecular weight is 302 g/mol. The van der Waals surface area contributed by atoms with Crippen LogP contribution in [0.3, 0.4) is 0 Å². The Morgan fingerprint density at radius 1 is 1.09 bits per heavy atom. The van der Waals surface area contributed by atoms with Crippen molar-refractivity contribution in [3.63, 3.8) is 0 Å². The van der Waals surface area contributed by atoms with Gasteiger partial charge in [-0.15, -0.1) is 0 Å². The van der Waals surface area contributed by atoms with Crippen LogP contribution in [0, 0.1) is 11.6 Å². The minimum atomic E-state index is -0.693. The van der Waals surface area contributed by atoms with E-state index < -0.39 is 11.6 Å². The van der Waals surface area contributed by atoms with Gasteiger partial charge in [0.15, 0.2) is 5.52 Å². The number of nitrogens with two attached hydrogens (primary N) is 1. The van der Waals surface area contributed by atoms with E-state index in [1.807, 2.05) is 0 Å². The molecule has 0 aliphatic heterocycles. The van der Waals surface area contributed by atoms with Crippen LogP contribution in [-0.4, -0.2) is 21.6 Å². The molecular formula is C15H12F2N4O. The monoisotopic (exact) mass is 302 g/mol. The van der Waals surface area contributed by atoms with Crippen LogP contribution in [-0.2, 0) is 0 Å². The van der Waals surface area contributed by atoms with Crippen LogP contribution >= 0.6 is 0 Å². The summed E-state index contributed by atoms with van der Waals surface area (Å²) in [7, 11) is 0. The number of ether oxygens (including phenoxy) is 1. The van der Waals surface area contributed by atoms with Crippen molar-refractivity contribution in [3.05, 3.63) is 42.0 Å². The Hall–Kier alpha value is -2.83. The third-order valence-corrected chi connectivity index (χ3v) is 3.02. The number of anilines is 1. The van der Waals surface area contributed by atoms with E-state index in [2.05, 4.69) is 15.0 Å². The van der Waals surface area contributed by atoms with Gasteiger partial charge in [0.2, 0.25) is 11.8 Å². The molecule has 2 aromatic heterocycles. The zero-order valence-corrected chi connectivity index (χ0v) is 11.7. The van der Waals surface area contributed by atoms with Crippen LogP contribution < -0.4 is 10.5 Å². The van der Waals surface area contributed by atoms with Gasteiger partial charge in [0.05, 0.1) is 17.8 Å². The summed E-state index contributed by atoms with van der Waals surface area (Å²) in [5.41, 5.74) is 6.99. The van der Waals surface area contributed by atoms with Gasteiger partial charge in [-0.05, 0) is 31.2 Å². The summed E-state index contributed by atoms with van der Waals surface area (Å²) in [6.07, 6.45) is 0. The molecule has 3 rings (SSSR count). The molecule has 0 atom stereocenters. The molecule has 2 heterocycles. The molecule has 1 aromatic carbocycles. The third kappa shape index (κ3) is 2.52. The summed E-state index contributed by atoms with van der Waals surface area (Å²) in [5, 5.41) is 0. The van der Waals surface area contributed by atoms with E-state index in [4.69, 9.17) is 10.5 Å². The van der Waals surface area contributed by atoms with Crippen molar-refractivity contribution in [2.75, 3.05) is 12.3 Å². The highest BCUT2D eigenvalue weighted by molar-refractivity contribution is 5.83. The molecule has 0 fully saturated rings. The Labute approximate surface area is 124 Å². The van der Waals surface area contributed by atoms with E-state index in [1.165, 1.54) is 12.1 Å². The molecule has 112 valence electrons. The van der Waals surface area contributed by atoms with Crippen molar-refractivity contribution in [2.45, 2.75) is 6.92 Å². The number of nitrogens with zero attached hydrogens (tertiary/aromatic N) is 3. The quantitative estimate of drug-likeness (QED) is 0.805. The molecular weight excluding hydrogens is 290 g/mol. The van der Waals surface area contributed by atoms with Crippen LogP contribution in [0.5, 0.6) is 5.88 Å². The highest BCUT2D eigenvalue weighted by atomic mass is 19.1. The van der Waals surface area contributed by atoms with Gasteiger partial charge < -0.3 is 10.5 Å². The SMILES string of the molecule is CCOc1nc(N)nc2ccc(-c3ccc(F)cc3F)nc12. The fraction of sp³-hybridized carbons (Fsp3) is 0.133. The van der Waals surface area contributed by atoms with E-state index in [0.29, 0.717) is 23.3 Å². The minimum Gasteiger partial charge on any atom is -0.476 e. The predicted octanol–water partition coefficient (Wildman–Crippen LogP) is 2.95. The summed E-state index contributed by atoms with van der Waals surface area (Å²) >= 11 is 0. The Bertz CT molecular complexity index is 854. The second-order valence-electron chi connectivity index (χ2n) is 4.51. The Balaban J connectivity index is 2.20. The lowest BCUT2D eigenvalue weighted by atomic mass is 10.1. The van der Waals surface area contributed by atoms with Crippen molar-refractivity contribution < 1.29 is 13.5 Å². The Morgan fingerprint density at radius 2 is 1.91 bits per heavy atom. The van der Waals surface area contributed by atoms with E-state index in [9.17, 15) is 8.78 Å². The van der Waals surface area contributed by atoms with Crippen molar-refractivity contribution in [3.8, 4) is 17.1 Å². The number of aromatic nitrogens is 3. The summed E-state index contributed by atoms with van der Waals surface area (Å²) in [6, 6.07) is 6.54. The molecule has 22 heavy (non-hydrogen) atoms. The lowest BCUT2D eigenvalue weighted by Crippen LogP contribution is -2.03. The lowest BCUT2D eigenvalue weighted by molar-refractivity contribution is 0.330. The maximum atomic E-state index is 13.9. The lowest BCUT2D eigenvalue weighted by Gasteiger charge is -2.08. The number of halogens is 2. The minimum absolute atomic E-state index is 0.0680. The van der Waals surface area contributed by atoms with Crippen LogP contribution in [0.15, 0.2) is 30.3 Å². The zero-order chi connectivity index (χ0) is 15.7. The standard InChI is InChI=1S/C15H12F2N4O/c1-2-22-14-13-12(20-15(18)21-14)6-5-11(19-13)9-4-3-8(16)7-10(9)17/h3-7H,2H2,1H3,(H2,18,20,21). The second-order valence-corrected chi connectivity index (χ2v) is 4.51. The highest BCUT2D eigenvalue weighted by Crippen LogP contribution is 2.27. The maximum absolute atomic E-state index is 13.9. The number of hydrogen-bond acceptors (Lipinski definition) is 5. The van der Waals surface area contributed by atoms with Crippen molar-refractivity contribution in [1.82, 2.24) is 15.0 Å². The van der Waals surface area contributed by atoms with E-state index >= 15 is 0 Å². The van der Waals surface area contributed by atoms with Crippen LogP contribution in [0.2, 0.25) is 0 Å². The van der Waals surface area contributed by atoms with Gasteiger partial charge in [0, 0.05) is 11.6 Å². The van der Waals surface area contributed by atoms with Crippen LogP contribution in [0.1, 0.15) is 6.92 Å². The van der Waals surface area contributed by atoms with Crippen molar-refractivity contribution >= 4 is 17.0 Å². The van der Waals surface area contributed by atoms with Crippen LogP contribution in [0.25, 0.3) is 22.3 Å². The van der Waals surface area contributed by atoms with Crippen molar-refractivity contribution in [1.29, 1.82) is 0 Å². The van der Waals surface area contributed by atoms with Gasteiger partial charge in [0.25, 0.3) is 0 Å². The third-order valence-electron chi connectivity index (χ3n) is 3.02. The largest absolute Gasteiger partial charge is 0.476 e. The second kappa shape index (κ2) is 5.51. The molecule has 3 aromatic rings. The summed E-state index contributed by atoms with van der Waals surface area (Å²) in [6.45, 7) is 2.18. The van der Waals surface area contributed by atoms with Crippen LogP contribution in [0.4, 0.5) is 14.7 Å². The summed E-state index contributed by atoms with van der Waals surface area (Å²) in [4.78, 5) is 12.4. The topological polar surface area (TPSA) is 73.9 Å². The average Bonchev–Trinajstić information content (AvgIpc) is 2.47. The Morgan fingerprint density at radius 3 is 2.64 bits per heavy atom. The summed E-state index contributed by atoms with van der Waals surface area (Å²) < 4.78 is 32.3. The molecule has 0 aliphatic carbocycles. The Kier molecular flexibility index (Phi) is 3.54. The highest BCUT2D eigenvalue weighted by Gasteiger charge is 2.13. The van der Waals surface area contributed by atoms with Gasteiger partial charge in [-0.2, -0.15) is 4.98 Å². The molecule has 0 spiro atoms. The van der Waals surface area contributed by atoms with E-state index in [0.717, 1.165) is 6.07 Å². The number of hydrogen-bond donors (Lipinski definition) is 1. The first-order valence-corrected chi connectivity index (χ1v) is 6.61. The molecule has 0 saturated heterocycles. The fourth-order valence-corrected chi connectivity index (χ4v) is 2.09. The fourth-order valence-electron chi connectivity index (χ4n) is 2.09. The number of nitrogen functional groups attached to an aromatic ring is 1. The van der Waals surface area contributed by atoms with Crippen molar-refractivity contribution in [2.24, 2.45) is 0 Å². The number of pyridine rings is 1. The number of benzene rings is 1. The first-order chi connectivity index (χ1) is 10.6. The molecule has 0 amide bonds. The zero-order valence-electron chi connectivity index (χ0n) is 11.7. The van der Waals surface area contributed by atoms with E-state index in [1.54, 1.807) is 19.1 Å². The molecule has 0 radical (unpaired) electrons. The smallest absolute Gasteiger partial charge is 0.245 e. The first-order valence-electron chi connectivity index (χ1n) is 6.61. The molecule has 0 aliphatic rings. The maximum Gasteiger partial charge on any atom is 0.245 e. The molecule has 5 nitrogen and oxygen atoms in total.